The molecule has 0 amide bonds. The number of carbonyl (C=O) groups is 2. The van der Waals surface area contributed by atoms with Gasteiger partial charge in [-0.15, -0.1) is 0 Å². The lowest BCUT2D eigenvalue weighted by atomic mass is 9.71. The molecule has 1 aromatic rings. The van der Waals surface area contributed by atoms with E-state index in [2.05, 4.69) is 34.6 Å². The fourth-order valence-corrected chi connectivity index (χ4v) is 5.08. The summed E-state index contributed by atoms with van der Waals surface area (Å²) in [6.45, 7) is 11.2. The van der Waals surface area contributed by atoms with Crippen molar-refractivity contribution >= 4 is 11.9 Å². The van der Waals surface area contributed by atoms with Gasteiger partial charge in [-0.1, -0.05) is 98.8 Å². The Hall–Kier alpha value is -1.84. The number of carbonyl (C=O) groups excluding carboxylic acids is 1. The minimum absolute atomic E-state index is 0.179. The molecule has 2 atom stereocenters. The molecule has 0 bridgehead atoms. The molecule has 194 valence electrons. The summed E-state index contributed by atoms with van der Waals surface area (Å²) in [5, 5.41) is 9.18. The lowest BCUT2D eigenvalue weighted by Crippen LogP contribution is -2.47. The van der Waals surface area contributed by atoms with Crippen LogP contribution in [-0.2, 0) is 4.74 Å². The first-order chi connectivity index (χ1) is 16.3. The van der Waals surface area contributed by atoms with Crippen LogP contribution in [0.15, 0.2) is 24.3 Å². The number of esters is 1. The maximum atomic E-state index is 13.3. The minimum atomic E-state index is -0.991. The maximum Gasteiger partial charge on any atom is 0.338 e. The van der Waals surface area contributed by atoms with Gasteiger partial charge in [0.15, 0.2) is 0 Å². The van der Waals surface area contributed by atoms with E-state index in [-0.39, 0.29) is 23.4 Å². The molecule has 2 unspecified atom stereocenters. The highest BCUT2D eigenvalue weighted by atomic mass is 16.6. The molecule has 1 N–H and O–H groups in total. The van der Waals surface area contributed by atoms with Crippen LogP contribution in [0.2, 0.25) is 0 Å². The topological polar surface area (TPSA) is 63.6 Å². The highest BCUT2D eigenvalue weighted by Gasteiger charge is 2.44. The molecular weight excluding hydrogens is 424 g/mol. The molecule has 0 heterocycles. The Morgan fingerprint density at radius 1 is 0.735 bits per heavy atom. The van der Waals surface area contributed by atoms with E-state index in [0.717, 1.165) is 51.4 Å². The maximum absolute atomic E-state index is 13.3. The molecule has 0 aromatic heterocycles. The number of hydrogen-bond acceptors (Lipinski definition) is 3. The molecule has 0 saturated carbocycles. The highest BCUT2D eigenvalue weighted by Crippen LogP contribution is 2.41. The smallest absolute Gasteiger partial charge is 0.338 e. The number of aromatic carboxylic acids is 1. The monoisotopic (exact) mass is 474 g/mol. The van der Waals surface area contributed by atoms with Gasteiger partial charge in [-0.2, -0.15) is 0 Å². The molecule has 0 aliphatic carbocycles. The van der Waals surface area contributed by atoms with E-state index < -0.39 is 11.6 Å². The first kappa shape index (κ1) is 30.2. The third kappa shape index (κ3) is 9.80. The van der Waals surface area contributed by atoms with Crippen molar-refractivity contribution in [3.8, 4) is 0 Å². The van der Waals surface area contributed by atoms with Crippen molar-refractivity contribution in [3.63, 3.8) is 0 Å². The fourth-order valence-electron chi connectivity index (χ4n) is 5.08. The summed E-state index contributed by atoms with van der Waals surface area (Å²) in [5.41, 5.74) is 0.119. The summed E-state index contributed by atoms with van der Waals surface area (Å²) in [5.74, 6) is -0.760. The fraction of sp³-hybridized carbons (Fsp3) is 0.733. The molecule has 0 saturated heterocycles. The van der Waals surface area contributed by atoms with Crippen molar-refractivity contribution in [1.82, 2.24) is 0 Å². The Morgan fingerprint density at radius 2 is 1.18 bits per heavy atom. The first-order valence-electron chi connectivity index (χ1n) is 13.9. The van der Waals surface area contributed by atoms with Crippen molar-refractivity contribution < 1.29 is 19.4 Å². The van der Waals surface area contributed by atoms with Gasteiger partial charge in [-0.3, -0.25) is 0 Å². The van der Waals surface area contributed by atoms with Crippen LogP contribution in [0, 0.1) is 11.8 Å². The molecule has 0 aliphatic rings. The number of rotatable bonds is 19. The standard InChI is InChI=1S/C30H50O4/c1-6-9-12-13-14-15-16-23-30(24(4)17-10-7-2,25(5)18-11-8-3)34-29(33)27-21-19-26(20-22-27)28(31)32/h19-22,24-25H,6-18,23H2,1-5H3,(H,31,32). The molecule has 0 aliphatic heterocycles. The van der Waals surface area contributed by atoms with E-state index in [1.165, 1.54) is 50.7 Å². The van der Waals surface area contributed by atoms with E-state index in [9.17, 15) is 14.7 Å². The molecule has 34 heavy (non-hydrogen) atoms. The van der Waals surface area contributed by atoms with E-state index in [0.29, 0.717) is 5.56 Å². The van der Waals surface area contributed by atoms with Crippen LogP contribution in [0.5, 0.6) is 0 Å². The molecule has 4 nitrogen and oxygen atoms in total. The predicted octanol–water partition coefficient (Wildman–Crippen LogP) is 9.07. The highest BCUT2D eigenvalue weighted by molar-refractivity contribution is 5.92. The van der Waals surface area contributed by atoms with Crippen molar-refractivity contribution in [1.29, 1.82) is 0 Å². The van der Waals surface area contributed by atoms with Gasteiger partial charge >= 0.3 is 11.9 Å². The van der Waals surface area contributed by atoms with E-state index >= 15 is 0 Å². The van der Waals surface area contributed by atoms with Crippen LogP contribution in [0.25, 0.3) is 0 Å². The van der Waals surface area contributed by atoms with Crippen molar-refractivity contribution in [2.75, 3.05) is 0 Å². The number of carboxylic acids is 1. The van der Waals surface area contributed by atoms with Gasteiger partial charge in [-0.25, -0.2) is 9.59 Å². The molecule has 0 radical (unpaired) electrons. The van der Waals surface area contributed by atoms with Crippen LogP contribution in [-0.4, -0.2) is 22.6 Å². The first-order valence-corrected chi connectivity index (χ1v) is 13.9. The largest absolute Gasteiger partial charge is 0.478 e. The summed E-state index contributed by atoms with van der Waals surface area (Å²) in [4.78, 5) is 24.5. The SMILES string of the molecule is CCCCCCCCCC(OC(=O)c1ccc(C(=O)O)cc1)(C(C)CCCC)C(C)CCCC. The molecule has 0 fully saturated rings. The second-order valence-electron chi connectivity index (χ2n) is 10.2. The Kier molecular flexibility index (Phi) is 14.9. The van der Waals surface area contributed by atoms with Crippen molar-refractivity contribution in [3.05, 3.63) is 35.4 Å². The van der Waals surface area contributed by atoms with Crippen LogP contribution >= 0.6 is 0 Å². The lowest BCUT2D eigenvalue weighted by molar-refractivity contribution is -0.0914. The molecule has 0 spiro atoms. The number of hydrogen-bond donors (Lipinski definition) is 1. The van der Waals surface area contributed by atoms with Crippen LogP contribution in [0.1, 0.15) is 145 Å². The Balaban J connectivity index is 3.10. The van der Waals surface area contributed by atoms with Crippen LogP contribution in [0.3, 0.4) is 0 Å². The number of carboxylic acid groups (broad SMARTS) is 1. The number of ether oxygens (including phenoxy) is 1. The van der Waals surface area contributed by atoms with E-state index in [1.807, 2.05) is 0 Å². The summed E-state index contributed by atoms with van der Waals surface area (Å²) >= 11 is 0. The minimum Gasteiger partial charge on any atom is -0.478 e. The quantitative estimate of drug-likeness (QED) is 0.160. The van der Waals surface area contributed by atoms with Gasteiger partial charge in [0.25, 0.3) is 0 Å². The zero-order valence-corrected chi connectivity index (χ0v) is 22.5. The summed E-state index contributed by atoms with van der Waals surface area (Å²) in [6, 6.07) is 6.13. The lowest BCUT2D eigenvalue weighted by Gasteiger charge is -2.44. The number of unbranched alkanes of at least 4 members (excludes halogenated alkanes) is 8. The molecular formula is C30H50O4. The van der Waals surface area contributed by atoms with Gasteiger partial charge in [-0.05, 0) is 61.8 Å². The third-order valence-electron chi connectivity index (χ3n) is 7.47. The zero-order valence-electron chi connectivity index (χ0n) is 22.5. The summed E-state index contributed by atoms with van der Waals surface area (Å²) in [6.07, 6.45) is 16.2. The Bertz CT molecular complexity index is 680. The molecule has 1 aromatic carbocycles. The van der Waals surface area contributed by atoms with Gasteiger partial charge < -0.3 is 9.84 Å². The van der Waals surface area contributed by atoms with E-state index in [4.69, 9.17) is 4.74 Å². The Labute approximate surface area is 208 Å². The van der Waals surface area contributed by atoms with Crippen molar-refractivity contribution in [2.45, 2.75) is 130 Å². The van der Waals surface area contributed by atoms with E-state index in [1.54, 1.807) is 12.1 Å². The van der Waals surface area contributed by atoms with Gasteiger partial charge in [0, 0.05) is 0 Å². The summed E-state index contributed by atoms with van der Waals surface area (Å²) < 4.78 is 6.50. The third-order valence-corrected chi connectivity index (χ3v) is 7.47. The second-order valence-corrected chi connectivity index (χ2v) is 10.2. The molecule has 1 rings (SSSR count). The van der Waals surface area contributed by atoms with Gasteiger partial charge in [0.05, 0.1) is 11.1 Å². The van der Waals surface area contributed by atoms with Gasteiger partial charge in [0.2, 0.25) is 0 Å². The molecule has 4 heteroatoms. The number of benzene rings is 1. The Morgan fingerprint density at radius 3 is 1.65 bits per heavy atom. The van der Waals surface area contributed by atoms with Crippen molar-refractivity contribution in [2.24, 2.45) is 11.8 Å². The average Bonchev–Trinajstić information content (AvgIpc) is 2.84. The predicted molar refractivity (Wildman–Crippen MR) is 142 cm³/mol. The summed E-state index contributed by atoms with van der Waals surface area (Å²) in [7, 11) is 0. The average molecular weight is 475 g/mol. The van der Waals surface area contributed by atoms with Crippen LogP contribution < -0.4 is 0 Å². The normalized spacial score (nSPS) is 14.9. The second kappa shape index (κ2) is 16.7. The van der Waals surface area contributed by atoms with Crippen LogP contribution in [0.4, 0.5) is 0 Å². The van der Waals surface area contributed by atoms with Gasteiger partial charge in [0.1, 0.15) is 5.60 Å². The zero-order chi connectivity index (χ0) is 25.4.